The van der Waals surface area contributed by atoms with E-state index in [1.807, 2.05) is 60.7 Å². The molecule has 2 amide bonds. The van der Waals surface area contributed by atoms with Crippen LogP contribution in [0.1, 0.15) is 30.4 Å². The molecule has 5 N–H and O–H groups in total. The van der Waals surface area contributed by atoms with Crippen LogP contribution in [-0.2, 0) is 22.5 Å². The first-order valence-electron chi connectivity index (χ1n) is 16.4. The number of aromatic amines is 1. The third kappa shape index (κ3) is 9.04. The molecular weight excluding hydrogens is 697 g/mol. The Bertz CT molecular complexity index is 2010. The van der Waals surface area contributed by atoms with Crippen LogP contribution in [-0.4, -0.2) is 59.3 Å². The van der Waals surface area contributed by atoms with Crippen molar-refractivity contribution in [2.45, 2.75) is 38.3 Å². The van der Waals surface area contributed by atoms with Crippen LogP contribution in [0.25, 0.3) is 21.3 Å². The molecule has 0 spiro atoms. The lowest BCUT2D eigenvalue weighted by Crippen LogP contribution is -2.39. The smallest absolute Gasteiger partial charge is 0.411 e. The number of ether oxygens (including phenoxy) is 1. The molecule has 1 aliphatic rings. The molecule has 0 bridgehead atoms. The quantitative estimate of drug-likeness (QED) is 0.0832. The Labute approximate surface area is 303 Å². The lowest BCUT2D eigenvalue weighted by molar-refractivity contribution is -0.116. The van der Waals surface area contributed by atoms with Gasteiger partial charge in [0.15, 0.2) is 0 Å². The van der Waals surface area contributed by atoms with E-state index >= 15 is 0 Å². The number of benzene rings is 4. The van der Waals surface area contributed by atoms with Gasteiger partial charge in [0.25, 0.3) is 0 Å². The number of hydrogen-bond acceptors (Lipinski definition) is 8. The van der Waals surface area contributed by atoms with E-state index in [4.69, 9.17) is 27.9 Å². The second kappa shape index (κ2) is 16.5. The minimum absolute atomic E-state index is 0.0573. The molecule has 5 aromatic rings. The second-order valence-corrected chi connectivity index (χ2v) is 13.9. The van der Waals surface area contributed by atoms with Crippen molar-refractivity contribution in [1.29, 1.82) is 0 Å². The number of amides is 2. The molecule has 0 atom stereocenters. The predicted octanol–water partition coefficient (Wildman–Crippen LogP) is 7.64. The molecule has 10 nitrogen and oxygen atoms in total. The fraction of sp³-hybridized carbons (Fsp3) is 0.270. The Hall–Kier alpha value is -4.39. The van der Waals surface area contributed by atoms with Crippen LogP contribution in [0.5, 0.6) is 5.75 Å². The average molecular weight is 735 g/mol. The van der Waals surface area contributed by atoms with Gasteiger partial charge in [-0.25, -0.2) is 4.79 Å². The Kier molecular flexibility index (Phi) is 11.7. The van der Waals surface area contributed by atoms with Gasteiger partial charge in [0.1, 0.15) is 17.4 Å². The Morgan fingerprint density at radius 2 is 1.68 bits per heavy atom. The monoisotopic (exact) mass is 733 g/mol. The highest BCUT2D eigenvalue weighted by Crippen LogP contribution is 2.33. The van der Waals surface area contributed by atoms with Gasteiger partial charge in [-0.1, -0.05) is 89.1 Å². The van der Waals surface area contributed by atoms with E-state index in [-0.39, 0.29) is 29.1 Å². The second-order valence-electron chi connectivity index (χ2n) is 12.1. The van der Waals surface area contributed by atoms with Crippen LogP contribution in [0.15, 0.2) is 83.7 Å². The number of likely N-dealkylation sites (tertiary alicyclic amines) is 1. The molecule has 0 radical (unpaired) electrons. The number of H-pyrrole nitrogens is 1. The molecule has 50 heavy (non-hydrogen) atoms. The van der Waals surface area contributed by atoms with Crippen molar-refractivity contribution < 1.29 is 19.4 Å². The SMILES string of the molecule is O=C(CCN1CCC(OC(=O)Nc2ccccc2-c2ccccc2)CC1)Nc1c(Cl)cc(CNCCc2ccc(O)c3[nH]c(=O)sc23)cc1Cl. The summed E-state index contributed by atoms with van der Waals surface area (Å²) in [5, 5.41) is 19.8. The average Bonchev–Trinajstić information content (AvgIpc) is 3.52. The van der Waals surface area contributed by atoms with Gasteiger partial charge in [0.05, 0.1) is 26.1 Å². The third-order valence-corrected chi connectivity index (χ3v) is 10.2. The summed E-state index contributed by atoms with van der Waals surface area (Å²) in [6, 6.07) is 24.5. The van der Waals surface area contributed by atoms with Gasteiger partial charge in [-0.15, -0.1) is 0 Å². The van der Waals surface area contributed by atoms with Gasteiger partial charge < -0.3 is 30.4 Å². The standard InChI is InChI=1S/C37H37Cl2N5O5S/c38-28-20-23(22-40-16-12-25-10-11-31(45)34-35(25)50-37(48)43-34)21-29(39)33(28)42-32(46)15-19-44-17-13-26(14-18-44)49-36(47)41-30-9-5-4-8-27(30)24-6-2-1-3-7-24/h1-11,20-21,26,40,45H,12-19,22H2,(H,41,47)(H,42,46)(H,43,48). The number of aromatic hydroxyl groups is 1. The summed E-state index contributed by atoms with van der Waals surface area (Å²) in [7, 11) is 0. The summed E-state index contributed by atoms with van der Waals surface area (Å²) in [4.78, 5) is 42.0. The predicted molar refractivity (Wildman–Crippen MR) is 201 cm³/mol. The maximum Gasteiger partial charge on any atom is 0.411 e. The molecule has 1 aromatic heterocycles. The van der Waals surface area contributed by atoms with Crippen LogP contribution in [0.4, 0.5) is 16.2 Å². The molecule has 13 heteroatoms. The number of aromatic nitrogens is 1. The Morgan fingerprint density at radius 1 is 0.960 bits per heavy atom. The summed E-state index contributed by atoms with van der Waals surface area (Å²) in [6.45, 7) is 3.09. The largest absolute Gasteiger partial charge is 0.506 e. The number of phenols is 1. The van der Waals surface area contributed by atoms with Gasteiger partial charge in [-0.3, -0.25) is 14.9 Å². The number of carbonyl (C=O) groups is 2. The topological polar surface area (TPSA) is 136 Å². The number of hydrogen-bond donors (Lipinski definition) is 5. The highest BCUT2D eigenvalue weighted by atomic mass is 35.5. The minimum atomic E-state index is -0.477. The van der Waals surface area contributed by atoms with Crippen LogP contribution in [0, 0.1) is 0 Å². The van der Waals surface area contributed by atoms with E-state index in [0.29, 0.717) is 78.9 Å². The van der Waals surface area contributed by atoms with Crippen LogP contribution >= 0.6 is 34.5 Å². The highest BCUT2D eigenvalue weighted by Gasteiger charge is 2.23. The summed E-state index contributed by atoms with van der Waals surface area (Å²) >= 11 is 14.1. The molecule has 2 heterocycles. The molecule has 6 rings (SSSR count). The van der Waals surface area contributed by atoms with Crippen molar-refractivity contribution in [3.8, 4) is 16.9 Å². The van der Waals surface area contributed by atoms with Crippen LogP contribution in [0.2, 0.25) is 10.0 Å². The van der Waals surface area contributed by atoms with E-state index in [0.717, 1.165) is 38.3 Å². The number of anilines is 2. The van der Waals surface area contributed by atoms with Crippen LogP contribution in [0.3, 0.4) is 0 Å². The number of piperidine rings is 1. The first-order chi connectivity index (χ1) is 24.2. The zero-order chi connectivity index (χ0) is 35.0. The van der Waals surface area contributed by atoms with Crippen molar-refractivity contribution in [3.05, 3.63) is 110 Å². The lowest BCUT2D eigenvalue weighted by atomic mass is 10.0. The number of nitrogens with one attached hydrogen (secondary N) is 4. The fourth-order valence-corrected chi connectivity index (χ4v) is 7.56. The number of carbonyl (C=O) groups excluding carboxylic acids is 2. The Balaban J connectivity index is 0.912. The van der Waals surface area contributed by atoms with Crippen molar-refractivity contribution >= 4 is 68.1 Å². The number of phenolic OH excluding ortho intramolecular Hbond substituents is 1. The molecule has 1 saturated heterocycles. The zero-order valence-corrected chi connectivity index (χ0v) is 29.5. The molecule has 260 valence electrons. The minimum Gasteiger partial charge on any atom is -0.506 e. The third-order valence-electron chi connectivity index (χ3n) is 8.62. The van der Waals surface area contributed by atoms with E-state index in [9.17, 15) is 19.5 Å². The number of halogens is 2. The van der Waals surface area contributed by atoms with Gasteiger partial charge in [-0.05, 0) is 66.8 Å². The van der Waals surface area contributed by atoms with Crippen molar-refractivity contribution in [1.82, 2.24) is 15.2 Å². The van der Waals surface area contributed by atoms with E-state index in [1.54, 1.807) is 18.2 Å². The van der Waals surface area contributed by atoms with E-state index in [1.165, 1.54) is 0 Å². The lowest BCUT2D eigenvalue weighted by Gasteiger charge is -2.31. The first-order valence-corrected chi connectivity index (χ1v) is 18.0. The van der Waals surface area contributed by atoms with Crippen molar-refractivity contribution in [3.63, 3.8) is 0 Å². The summed E-state index contributed by atoms with van der Waals surface area (Å²) in [5.41, 5.74) is 5.29. The molecule has 0 unspecified atom stereocenters. The number of para-hydroxylation sites is 1. The molecular formula is C37H37Cl2N5O5S. The summed E-state index contributed by atoms with van der Waals surface area (Å²) < 4.78 is 6.49. The van der Waals surface area contributed by atoms with E-state index in [2.05, 4.69) is 25.8 Å². The van der Waals surface area contributed by atoms with Gasteiger partial charge >= 0.3 is 11.0 Å². The number of thiazole rings is 1. The normalized spacial score (nSPS) is 13.7. The number of rotatable bonds is 12. The number of nitrogens with zero attached hydrogens (tertiary/aromatic N) is 1. The maximum atomic E-state index is 12.8. The maximum absolute atomic E-state index is 12.8. The highest BCUT2D eigenvalue weighted by molar-refractivity contribution is 7.16. The first kappa shape index (κ1) is 35.4. The Morgan fingerprint density at radius 3 is 2.44 bits per heavy atom. The van der Waals surface area contributed by atoms with Gasteiger partial charge in [-0.2, -0.15) is 0 Å². The van der Waals surface area contributed by atoms with Gasteiger partial charge in [0, 0.05) is 38.2 Å². The molecule has 1 aliphatic heterocycles. The van der Waals surface area contributed by atoms with E-state index < -0.39 is 6.09 Å². The van der Waals surface area contributed by atoms with Gasteiger partial charge in [0.2, 0.25) is 5.91 Å². The molecule has 0 saturated carbocycles. The summed E-state index contributed by atoms with van der Waals surface area (Å²) in [5.74, 6) is -0.135. The van der Waals surface area contributed by atoms with Crippen LogP contribution < -0.4 is 20.8 Å². The number of fused-ring (bicyclic) bond motifs is 1. The molecule has 0 aliphatic carbocycles. The zero-order valence-electron chi connectivity index (χ0n) is 27.1. The fourth-order valence-electron chi connectivity index (χ4n) is 6.04. The van der Waals surface area contributed by atoms with Crippen molar-refractivity contribution in [2.75, 3.05) is 36.8 Å². The van der Waals surface area contributed by atoms with Crippen molar-refractivity contribution in [2.24, 2.45) is 0 Å². The summed E-state index contributed by atoms with van der Waals surface area (Å²) in [6.07, 6.45) is 1.59. The molecule has 1 fully saturated rings. The molecule has 4 aromatic carbocycles.